The highest BCUT2D eigenvalue weighted by Gasteiger charge is 2.35. The van der Waals surface area contributed by atoms with Crippen molar-refractivity contribution in [2.24, 2.45) is 23.7 Å². The molecule has 4 aromatic heterocycles. The van der Waals surface area contributed by atoms with E-state index in [2.05, 4.69) is 70.4 Å². The van der Waals surface area contributed by atoms with Crippen LogP contribution in [0.4, 0.5) is 32.9 Å². The monoisotopic (exact) mass is 1340 g/mol. The third-order valence-corrected chi connectivity index (χ3v) is 19.3. The van der Waals surface area contributed by atoms with E-state index in [1.165, 1.54) is 0 Å². The van der Waals surface area contributed by atoms with Gasteiger partial charge in [0.1, 0.15) is 24.7 Å². The smallest absolute Gasteiger partial charge is 0.410 e. The Morgan fingerprint density at radius 1 is 0.470 bits per heavy atom. The molecule has 20 nitrogen and oxygen atoms in total. The first-order chi connectivity index (χ1) is 48.7. The number of aromatic nitrogens is 6. The minimum absolute atomic E-state index is 0.0504. The van der Waals surface area contributed by atoms with Crippen LogP contribution in [0.1, 0.15) is 88.5 Å². The standard InChI is InChI=1S/2C40H42N6O4/c2*1-4-29-18-21-46(38(29)47)35-14-8-12-32-31(35)16-15-27(3)36(32)50-37-33(13-9-19-41-37)34-17-20-42-39(44-34)43-30-22-26(2)23-45(24-30)40(48)49-25-28-10-6-5-7-11-28/h2*5-17,19-20,26,29-30H,4,18,21-25H2,1-3H3,(H,42,43,44)/t26-,29+,30+;26-,29-,30+/m11/s1. The van der Waals surface area contributed by atoms with Gasteiger partial charge in [-0.25, -0.2) is 39.5 Å². The van der Waals surface area contributed by atoms with E-state index in [0.29, 0.717) is 96.9 Å². The van der Waals surface area contributed by atoms with Crippen LogP contribution >= 0.6 is 0 Å². The first-order valence-corrected chi connectivity index (χ1v) is 34.8. The molecular formula is C80H84N12O8. The number of piperidine rings is 2. The van der Waals surface area contributed by atoms with Gasteiger partial charge in [0.2, 0.25) is 35.5 Å². The number of hydrogen-bond acceptors (Lipinski definition) is 16. The SMILES string of the molecule is CC[C@@H]1CCN(c2cccc3c(Oc4ncccc4-c4ccnc(N[C@H]5C[C@@H](C)CN(C(=O)OCc6ccccc6)C5)n4)c(C)ccc23)C1=O.CC[C@H]1CCN(c2cccc3c(Oc4ncccc4-c4ccnc(N[C@H]5C[C@@H](C)CN(C(=O)OCc6ccccc6)C5)n4)c(C)ccc23)C1=O. The van der Waals surface area contributed by atoms with Crippen LogP contribution in [0, 0.1) is 37.5 Å². The number of fused-ring (bicyclic) bond motifs is 2. The first-order valence-electron chi connectivity index (χ1n) is 34.8. The zero-order valence-electron chi connectivity index (χ0n) is 57.4. The fourth-order valence-corrected chi connectivity index (χ4v) is 14.2. The van der Waals surface area contributed by atoms with E-state index in [9.17, 15) is 19.2 Å². The van der Waals surface area contributed by atoms with Crippen LogP contribution in [0.25, 0.3) is 44.1 Å². The molecule has 0 saturated carbocycles. The molecule has 8 heterocycles. The van der Waals surface area contributed by atoms with Crippen LogP contribution in [0.5, 0.6) is 23.3 Å². The Bertz CT molecular complexity index is 4290. The first kappa shape index (κ1) is 67.5. The average molecular weight is 1340 g/mol. The summed E-state index contributed by atoms with van der Waals surface area (Å²) in [5.41, 5.74) is 8.36. The Hall–Kier alpha value is -11.0. The van der Waals surface area contributed by atoms with E-state index in [1.807, 2.05) is 169 Å². The number of nitrogens with zero attached hydrogens (tertiary/aromatic N) is 10. The van der Waals surface area contributed by atoms with Crippen LogP contribution < -0.4 is 29.9 Å². The molecule has 4 aliphatic rings. The molecule has 0 aliphatic carbocycles. The zero-order valence-corrected chi connectivity index (χ0v) is 57.4. The molecule has 6 atom stereocenters. The number of aryl methyl sites for hydroxylation is 2. The molecule has 0 bridgehead atoms. The number of carbonyl (C=O) groups is 4. The van der Waals surface area contributed by atoms with Crippen LogP contribution in [0.15, 0.2) is 183 Å². The summed E-state index contributed by atoms with van der Waals surface area (Å²) in [5, 5.41) is 10.7. The summed E-state index contributed by atoms with van der Waals surface area (Å²) in [5.74, 6) is 4.16. The summed E-state index contributed by atoms with van der Waals surface area (Å²) >= 11 is 0. The number of hydrogen-bond donors (Lipinski definition) is 2. The normalized spacial score (nSPS) is 19.1. The maximum Gasteiger partial charge on any atom is 0.410 e. The van der Waals surface area contributed by atoms with E-state index in [4.69, 9.17) is 28.9 Å². The highest BCUT2D eigenvalue weighted by Crippen LogP contribution is 2.43. The van der Waals surface area contributed by atoms with Gasteiger partial charge in [-0.3, -0.25) is 9.59 Å². The van der Waals surface area contributed by atoms with Crippen molar-refractivity contribution in [3.05, 3.63) is 205 Å². The summed E-state index contributed by atoms with van der Waals surface area (Å²) in [7, 11) is 0. The predicted molar refractivity (Wildman–Crippen MR) is 388 cm³/mol. The zero-order chi connectivity index (χ0) is 69.2. The van der Waals surface area contributed by atoms with Gasteiger partial charge in [-0.05, 0) is 135 Å². The molecule has 14 rings (SSSR count). The van der Waals surface area contributed by atoms with Crippen LogP contribution in [0.3, 0.4) is 0 Å². The van der Waals surface area contributed by atoms with E-state index >= 15 is 0 Å². The van der Waals surface area contributed by atoms with E-state index in [0.717, 1.165) is 93.7 Å². The maximum absolute atomic E-state index is 13.2. The quantitative estimate of drug-likeness (QED) is 0.0816. The molecule has 6 aromatic carbocycles. The summed E-state index contributed by atoms with van der Waals surface area (Å²) in [4.78, 5) is 87.6. The number of nitrogens with one attached hydrogen (secondary N) is 2. The fraction of sp³-hybridized carbons (Fsp3) is 0.325. The predicted octanol–water partition coefficient (Wildman–Crippen LogP) is 16.0. The average Bonchev–Trinajstić information content (AvgIpc) is 1.29. The van der Waals surface area contributed by atoms with Gasteiger partial charge in [0, 0.05) is 110 Å². The number of anilines is 4. The molecule has 4 fully saturated rings. The maximum atomic E-state index is 13.2. The van der Waals surface area contributed by atoms with Crippen LogP contribution in [0.2, 0.25) is 0 Å². The van der Waals surface area contributed by atoms with Crippen molar-refractivity contribution >= 4 is 68.8 Å². The number of amides is 4. The Balaban J connectivity index is 0.000000179. The van der Waals surface area contributed by atoms with Gasteiger partial charge in [-0.15, -0.1) is 0 Å². The lowest BCUT2D eigenvalue weighted by Gasteiger charge is -2.36. The Morgan fingerprint density at radius 2 is 0.900 bits per heavy atom. The molecule has 4 aliphatic heterocycles. The Kier molecular flexibility index (Phi) is 20.8. The molecular weight excluding hydrogens is 1260 g/mol. The number of benzene rings is 6. The van der Waals surface area contributed by atoms with Crippen molar-refractivity contribution < 1.29 is 38.1 Å². The molecule has 2 N–H and O–H groups in total. The highest BCUT2D eigenvalue weighted by molar-refractivity contribution is 6.08. The lowest BCUT2D eigenvalue weighted by molar-refractivity contribution is -0.121. The number of likely N-dealkylation sites (tertiary alicyclic amines) is 2. The molecule has 0 unspecified atom stereocenters. The van der Waals surface area contributed by atoms with Gasteiger partial charge < -0.3 is 49.2 Å². The third kappa shape index (κ3) is 15.3. The number of carbonyl (C=O) groups excluding carboxylic acids is 4. The van der Waals surface area contributed by atoms with Gasteiger partial charge in [-0.2, -0.15) is 0 Å². The van der Waals surface area contributed by atoms with Crippen molar-refractivity contribution in [2.45, 2.75) is 105 Å². The number of pyridine rings is 2. The van der Waals surface area contributed by atoms with Crippen molar-refractivity contribution in [2.75, 3.05) is 59.7 Å². The van der Waals surface area contributed by atoms with Crippen LogP contribution in [-0.4, -0.2) is 115 Å². The van der Waals surface area contributed by atoms with Crippen molar-refractivity contribution in [3.63, 3.8) is 0 Å². The second-order valence-corrected chi connectivity index (χ2v) is 26.6. The minimum Gasteiger partial charge on any atom is -0.445 e. The number of rotatable bonds is 18. The minimum atomic E-state index is -0.327. The Labute approximate surface area is 583 Å². The molecule has 4 amide bonds. The molecule has 0 radical (unpaired) electrons. The lowest BCUT2D eigenvalue weighted by atomic mass is 9.96. The number of ether oxygens (including phenoxy) is 4. The lowest BCUT2D eigenvalue weighted by Crippen LogP contribution is -2.48. The van der Waals surface area contributed by atoms with E-state index < -0.39 is 0 Å². The second-order valence-electron chi connectivity index (χ2n) is 26.6. The van der Waals surface area contributed by atoms with Gasteiger partial charge in [0.05, 0.1) is 33.9 Å². The van der Waals surface area contributed by atoms with Crippen molar-refractivity contribution in [1.82, 2.24) is 39.7 Å². The molecule has 4 saturated heterocycles. The van der Waals surface area contributed by atoms with Gasteiger partial charge >= 0.3 is 12.2 Å². The molecule has 10 aromatic rings. The van der Waals surface area contributed by atoms with E-state index in [-0.39, 0.29) is 73.0 Å². The van der Waals surface area contributed by atoms with Crippen LogP contribution in [-0.2, 0) is 32.3 Å². The van der Waals surface area contributed by atoms with Crippen molar-refractivity contribution in [1.29, 1.82) is 0 Å². The summed E-state index contributed by atoms with van der Waals surface area (Å²) in [6, 6.07) is 50.8. The topological polar surface area (TPSA) is 220 Å². The summed E-state index contributed by atoms with van der Waals surface area (Å²) in [6.07, 6.45) is 11.3. The van der Waals surface area contributed by atoms with Gasteiger partial charge in [-0.1, -0.05) is 137 Å². The molecule has 100 heavy (non-hydrogen) atoms. The largest absolute Gasteiger partial charge is 0.445 e. The fourth-order valence-electron chi connectivity index (χ4n) is 14.2. The highest BCUT2D eigenvalue weighted by atomic mass is 16.6. The summed E-state index contributed by atoms with van der Waals surface area (Å²) in [6.45, 7) is 16.6. The van der Waals surface area contributed by atoms with Gasteiger partial charge in [0.15, 0.2) is 0 Å². The molecule has 20 heteroatoms. The van der Waals surface area contributed by atoms with Gasteiger partial charge in [0.25, 0.3) is 0 Å². The Morgan fingerprint density at radius 3 is 1.31 bits per heavy atom. The molecule has 0 spiro atoms. The third-order valence-electron chi connectivity index (χ3n) is 19.3. The van der Waals surface area contributed by atoms with Crippen molar-refractivity contribution in [3.8, 4) is 45.8 Å². The second kappa shape index (κ2) is 30.8. The van der Waals surface area contributed by atoms with E-state index in [1.54, 1.807) is 34.6 Å². The molecule has 512 valence electrons. The summed E-state index contributed by atoms with van der Waals surface area (Å²) < 4.78 is 24.5.